The van der Waals surface area contributed by atoms with Crippen LogP contribution in [-0.4, -0.2) is 21.2 Å². The molecule has 0 saturated heterocycles. The number of carbonyl (C=O) groups excluding carboxylic acids is 2. The molecule has 0 aliphatic carbocycles. The number of rotatable bonds is 6. The lowest BCUT2D eigenvalue weighted by Crippen LogP contribution is -2.23. The van der Waals surface area contributed by atoms with E-state index in [9.17, 15) is 14.4 Å². The van der Waals surface area contributed by atoms with Gasteiger partial charge in [0.15, 0.2) is 0 Å². The van der Waals surface area contributed by atoms with Gasteiger partial charge in [-0.3, -0.25) is 19.1 Å². The van der Waals surface area contributed by atoms with Crippen molar-refractivity contribution in [3.63, 3.8) is 0 Å². The minimum absolute atomic E-state index is 0.183. The van der Waals surface area contributed by atoms with E-state index in [-0.39, 0.29) is 23.6 Å². The highest BCUT2D eigenvalue weighted by molar-refractivity contribution is 6.05. The zero-order chi connectivity index (χ0) is 25.9. The van der Waals surface area contributed by atoms with Crippen molar-refractivity contribution < 1.29 is 9.59 Å². The summed E-state index contributed by atoms with van der Waals surface area (Å²) in [6, 6.07) is 29.8. The molecule has 7 heteroatoms. The average Bonchev–Trinajstić information content (AvgIpc) is 3.12. The molecule has 4 aromatic carbocycles. The third-order valence-electron chi connectivity index (χ3n) is 6.38. The first kappa shape index (κ1) is 23.8. The summed E-state index contributed by atoms with van der Waals surface area (Å²) in [5, 5.41) is 7.82. The summed E-state index contributed by atoms with van der Waals surface area (Å²) in [4.78, 5) is 38.9. The summed E-state index contributed by atoms with van der Waals surface area (Å²) in [6.07, 6.45) is 0.212. The van der Waals surface area contributed by atoms with E-state index in [0.29, 0.717) is 22.6 Å². The van der Waals surface area contributed by atoms with Crippen molar-refractivity contribution in [1.29, 1.82) is 0 Å². The molecular formula is C30H26N4O3. The molecule has 0 aliphatic heterocycles. The highest BCUT2D eigenvalue weighted by Crippen LogP contribution is 2.19. The Bertz CT molecular complexity index is 1680. The van der Waals surface area contributed by atoms with Crippen LogP contribution in [0.25, 0.3) is 16.5 Å². The first-order valence-corrected chi connectivity index (χ1v) is 11.9. The van der Waals surface area contributed by atoms with Gasteiger partial charge in [0.2, 0.25) is 5.91 Å². The summed E-state index contributed by atoms with van der Waals surface area (Å²) < 4.78 is 3.21. The third-order valence-corrected chi connectivity index (χ3v) is 6.38. The van der Waals surface area contributed by atoms with E-state index in [1.807, 2.05) is 72.8 Å². The minimum atomic E-state index is -0.434. The van der Waals surface area contributed by atoms with Crippen LogP contribution in [-0.2, 0) is 18.3 Å². The molecular weight excluding hydrogens is 464 g/mol. The van der Waals surface area contributed by atoms with Crippen LogP contribution >= 0.6 is 0 Å². The van der Waals surface area contributed by atoms with Gasteiger partial charge < -0.3 is 10.6 Å². The van der Waals surface area contributed by atoms with Crippen molar-refractivity contribution in [3.8, 4) is 5.69 Å². The van der Waals surface area contributed by atoms with E-state index in [4.69, 9.17) is 0 Å². The van der Waals surface area contributed by atoms with E-state index in [1.165, 1.54) is 4.68 Å². The van der Waals surface area contributed by atoms with Crippen LogP contribution in [0.2, 0.25) is 0 Å². The molecule has 0 saturated carbocycles. The maximum Gasteiger partial charge on any atom is 0.295 e. The van der Waals surface area contributed by atoms with Crippen molar-refractivity contribution in [2.45, 2.75) is 13.3 Å². The Labute approximate surface area is 214 Å². The summed E-state index contributed by atoms with van der Waals surface area (Å²) >= 11 is 0. The van der Waals surface area contributed by atoms with Crippen LogP contribution in [0.5, 0.6) is 0 Å². The van der Waals surface area contributed by atoms with Crippen LogP contribution in [0.4, 0.5) is 11.4 Å². The number of hydrogen-bond acceptors (Lipinski definition) is 3. The SMILES string of the molecule is Cc1c(NC(=O)c2cccc(NC(=O)Cc3ccc4ccccc4c3)c2)c(=O)n(-c2ccccc2)n1C. The number of para-hydroxylation sites is 1. The van der Waals surface area contributed by atoms with Gasteiger partial charge in [-0.05, 0) is 53.6 Å². The first-order valence-electron chi connectivity index (χ1n) is 11.9. The highest BCUT2D eigenvalue weighted by Gasteiger charge is 2.19. The Kier molecular flexibility index (Phi) is 6.43. The number of anilines is 2. The van der Waals surface area contributed by atoms with Crippen LogP contribution in [0, 0.1) is 6.92 Å². The largest absolute Gasteiger partial charge is 0.326 e. The Hall–Kier alpha value is -4.91. The molecule has 184 valence electrons. The number of amides is 2. The lowest BCUT2D eigenvalue weighted by atomic mass is 10.0. The molecule has 0 atom stereocenters. The standard InChI is InChI=1S/C30H26N4O3/c1-20-28(30(37)34(33(20)2)26-13-4-3-5-14-26)32-29(36)24-11-8-12-25(19-24)31-27(35)18-21-15-16-22-9-6-7-10-23(22)17-21/h3-17,19H,18H2,1-2H3,(H,31,35)(H,32,36). The van der Waals surface area contributed by atoms with Gasteiger partial charge in [0.05, 0.1) is 17.8 Å². The van der Waals surface area contributed by atoms with Crippen molar-refractivity contribution in [3.05, 3.63) is 124 Å². The Morgan fingerprint density at radius 3 is 2.30 bits per heavy atom. The second kappa shape index (κ2) is 9.99. The van der Waals surface area contributed by atoms with Gasteiger partial charge in [-0.25, -0.2) is 4.68 Å². The van der Waals surface area contributed by atoms with E-state index >= 15 is 0 Å². The van der Waals surface area contributed by atoms with Gasteiger partial charge in [-0.15, -0.1) is 0 Å². The van der Waals surface area contributed by atoms with Gasteiger partial charge in [0.1, 0.15) is 5.69 Å². The number of fused-ring (bicyclic) bond motifs is 1. The lowest BCUT2D eigenvalue weighted by molar-refractivity contribution is -0.115. The molecule has 0 bridgehead atoms. The van der Waals surface area contributed by atoms with Crippen LogP contribution in [0.1, 0.15) is 21.6 Å². The number of aromatic nitrogens is 2. The second-order valence-electron chi connectivity index (χ2n) is 8.88. The molecule has 2 amide bonds. The first-order chi connectivity index (χ1) is 17.9. The fraction of sp³-hybridized carbons (Fsp3) is 0.100. The van der Waals surface area contributed by atoms with Crippen molar-refractivity contribution in [2.75, 3.05) is 10.6 Å². The maximum atomic E-state index is 13.1. The number of nitrogens with zero attached hydrogens (tertiary/aromatic N) is 2. The number of nitrogens with one attached hydrogen (secondary N) is 2. The summed E-state index contributed by atoms with van der Waals surface area (Å²) in [5.41, 5.74) is 2.96. The zero-order valence-electron chi connectivity index (χ0n) is 20.6. The van der Waals surface area contributed by atoms with E-state index in [2.05, 4.69) is 10.6 Å². The summed E-state index contributed by atoms with van der Waals surface area (Å²) in [5.74, 6) is -0.617. The van der Waals surface area contributed by atoms with Crippen LogP contribution < -0.4 is 16.2 Å². The fourth-order valence-electron chi connectivity index (χ4n) is 4.38. The normalized spacial score (nSPS) is 10.9. The monoisotopic (exact) mass is 490 g/mol. The van der Waals surface area contributed by atoms with Crippen LogP contribution in [0.3, 0.4) is 0 Å². The van der Waals surface area contributed by atoms with Crippen molar-refractivity contribution in [1.82, 2.24) is 9.36 Å². The van der Waals surface area contributed by atoms with Crippen molar-refractivity contribution >= 4 is 34.0 Å². The molecule has 1 aromatic heterocycles. The predicted molar refractivity (Wildman–Crippen MR) is 146 cm³/mol. The topological polar surface area (TPSA) is 85.1 Å². The molecule has 5 rings (SSSR count). The molecule has 0 spiro atoms. The van der Waals surface area contributed by atoms with Gasteiger partial charge in [-0.2, -0.15) is 0 Å². The highest BCUT2D eigenvalue weighted by atomic mass is 16.2. The summed E-state index contributed by atoms with van der Waals surface area (Å²) in [6.45, 7) is 1.78. The Morgan fingerprint density at radius 2 is 1.51 bits per heavy atom. The van der Waals surface area contributed by atoms with Crippen molar-refractivity contribution in [2.24, 2.45) is 7.05 Å². The molecule has 0 aliphatic rings. The Balaban J connectivity index is 1.31. The van der Waals surface area contributed by atoms with E-state index in [0.717, 1.165) is 16.3 Å². The molecule has 5 aromatic rings. The maximum absolute atomic E-state index is 13.1. The van der Waals surface area contributed by atoms with Crippen LogP contribution in [0.15, 0.2) is 102 Å². The fourth-order valence-corrected chi connectivity index (χ4v) is 4.38. The quantitative estimate of drug-likeness (QED) is 0.348. The van der Waals surface area contributed by atoms with E-state index < -0.39 is 5.91 Å². The molecule has 7 nitrogen and oxygen atoms in total. The number of benzene rings is 4. The molecule has 0 fully saturated rings. The molecule has 0 unspecified atom stereocenters. The van der Waals surface area contributed by atoms with Gasteiger partial charge in [-0.1, -0.05) is 66.7 Å². The zero-order valence-corrected chi connectivity index (χ0v) is 20.6. The Morgan fingerprint density at radius 1 is 0.784 bits per heavy atom. The molecule has 0 radical (unpaired) electrons. The summed E-state index contributed by atoms with van der Waals surface area (Å²) in [7, 11) is 1.77. The van der Waals surface area contributed by atoms with Gasteiger partial charge in [0.25, 0.3) is 11.5 Å². The van der Waals surface area contributed by atoms with Gasteiger partial charge >= 0.3 is 0 Å². The average molecular weight is 491 g/mol. The number of carbonyl (C=O) groups is 2. The molecule has 1 heterocycles. The van der Waals surface area contributed by atoms with E-state index in [1.54, 1.807) is 42.9 Å². The minimum Gasteiger partial charge on any atom is -0.326 e. The lowest BCUT2D eigenvalue weighted by Gasteiger charge is -2.09. The second-order valence-corrected chi connectivity index (χ2v) is 8.88. The third kappa shape index (κ3) is 4.92. The molecule has 37 heavy (non-hydrogen) atoms. The van der Waals surface area contributed by atoms with Gasteiger partial charge in [0, 0.05) is 18.3 Å². The molecule has 2 N–H and O–H groups in total. The predicted octanol–water partition coefficient (Wildman–Crippen LogP) is 5.07. The number of hydrogen-bond donors (Lipinski definition) is 2. The smallest absolute Gasteiger partial charge is 0.295 e.